The average molecular weight is 683 g/mol. The molecule has 246 valence electrons. The lowest BCUT2D eigenvalue weighted by atomic mass is 9.81. The molecule has 3 heteroatoms. The second-order valence-corrected chi connectivity index (χ2v) is 15.3. The van der Waals surface area contributed by atoms with Crippen molar-refractivity contribution in [3.63, 3.8) is 0 Å². The smallest absolute Gasteiger partial charge is 0.0434 e. The summed E-state index contributed by atoms with van der Waals surface area (Å²) >= 11 is 1.90. The zero-order chi connectivity index (χ0) is 34.8. The van der Waals surface area contributed by atoms with Crippen LogP contribution in [0.3, 0.4) is 0 Å². The summed E-state index contributed by atoms with van der Waals surface area (Å²) in [5.74, 6) is 0. The number of rotatable bonds is 5. The average Bonchev–Trinajstić information content (AvgIpc) is 3.70. The molecule has 9 aromatic rings. The Labute approximate surface area is 307 Å². The lowest BCUT2D eigenvalue weighted by molar-refractivity contribution is 0.660. The van der Waals surface area contributed by atoms with Crippen molar-refractivity contribution >= 4 is 31.5 Å². The number of thiophene rings is 1. The molecule has 3 aromatic heterocycles. The summed E-state index contributed by atoms with van der Waals surface area (Å²) < 4.78 is 2.62. The van der Waals surface area contributed by atoms with Gasteiger partial charge < -0.3 is 0 Å². The predicted octanol–water partition coefficient (Wildman–Crippen LogP) is 13.5. The SMILES string of the molecule is CC1(C)c2ccccc2-c2ccc(-c3ccc(-c4cccc5c4sc4c(-c6cc(-c7ccncc7)cc(-c7ccncc7)c6)cccc45)cc3)cc21. The van der Waals surface area contributed by atoms with Crippen LogP contribution >= 0.6 is 11.3 Å². The van der Waals surface area contributed by atoms with Gasteiger partial charge in [-0.2, -0.15) is 0 Å². The van der Waals surface area contributed by atoms with Crippen LogP contribution in [0.25, 0.3) is 86.9 Å². The molecule has 0 bridgehead atoms. The summed E-state index contributed by atoms with van der Waals surface area (Å²) in [4.78, 5) is 8.54. The molecule has 0 unspecified atom stereocenters. The second kappa shape index (κ2) is 12.0. The molecule has 2 nitrogen and oxygen atoms in total. The van der Waals surface area contributed by atoms with Crippen LogP contribution in [0.4, 0.5) is 0 Å². The third kappa shape index (κ3) is 4.92. The van der Waals surface area contributed by atoms with Crippen LogP contribution in [0.2, 0.25) is 0 Å². The first-order valence-electron chi connectivity index (χ1n) is 17.8. The van der Waals surface area contributed by atoms with Crippen LogP contribution in [0.1, 0.15) is 25.0 Å². The van der Waals surface area contributed by atoms with E-state index < -0.39 is 0 Å². The Hall–Kier alpha value is -6.16. The molecule has 0 saturated carbocycles. The molecule has 0 spiro atoms. The fourth-order valence-corrected chi connectivity index (χ4v) is 9.58. The van der Waals surface area contributed by atoms with Gasteiger partial charge in [0, 0.05) is 50.4 Å². The van der Waals surface area contributed by atoms with Gasteiger partial charge in [-0.25, -0.2) is 0 Å². The topological polar surface area (TPSA) is 25.8 Å². The van der Waals surface area contributed by atoms with Crippen molar-refractivity contribution in [2.24, 2.45) is 0 Å². The van der Waals surface area contributed by atoms with E-state index in [0.29, 0.717) is 0 Å². The van der Waals surface area contributed by atoms with Gasteiger partial charge >= 0.3 is 0 Å². The molecule has 0 atom stereocenters. The molecule has 10 rings (SSSR count). The molecule has 6 aromatic carbocycles. The Morgan fingerprint density at radius 2 is 0.846 bits per heavy atom. The normalized spacial score (nSPS) is 13.0. The predicted molar refractivity (Wildman–Crippen MR) is 220 cm³/mol. The highest BCUT2D eigenvalue weighted by Gasteiger charge is 2.35. The van der Waals surface area contributed by atoms with Gasteiger partial charge in [0.2, 0.25) is 0 Å². The van der Waals surface area contributed by atoms with Crippen LogP contribution in [0, 0.1) is 0 Å². The maximum absolute atomic E-state index is 4.27. The number of aromatic nitrogens is 2. The first-order valence-corrected chi connectivity index (χ1v) is 18.6. The highest BCUT2D eigenvalue weighted by molar-refractivity contribution is 7.26. The van der Waals surface area contributed by atoms with Gasteiger partial charge in [-0.15, -0.1) is 11.3 Å². The van der Waals surface area contributed by atoms with E-state index >= 15 is 0 Å². The van der Waals surface area contributed by atoms with Crippen molar-refractivity contribution in [1.29, 1.82) is 0 Å². The zero-order valence-corrected chi connectivity index (χ0v) is 29.8. The summed E-state index contributed by atoms with van der Waals surface area (Å²) in [7, 11) is 0. The Bertz CT molecular complexity index is 2740. The van der Waals surface area contributed by atoms with E-state index in [2.05, 4.69) is 169 Å². The number of benzene rings is 6. The van der Waals surface area contributed by atoms with E-state index in [0.717, 1.165) is 11.1 Å². The summed E-state index contributed by atoms with van der Waals surface area (Å²) in [5, 5.41) is 2.58. The highest BCUT2D eigenvalue weighted by Crippen LogP contribution is 2.50. The van der Waals surface area contributed by atoms with Gasteiger partial charge in [0.05, 0.1) is 0 Å². The monoisotopic (exact) mass is 682 g/mol. The number of hydrogen-bond donors (Lipinski definition) is 0. The van der Waals surface area contributed by atoms with E-state index in [-0.39, 0.29) is 5.41 Å². The Morgan fingerprint density at radius 3 is 1.48 bits per heavy atom. The van der Waals surface area contributed by atoms with Crippen molar-refractivity contribution in [3.05, 3.63) is 182 Å². The summed E-state index contributed by atoms with van der Waals surface area (Å²) in [6, 6.07) is 53.7. The molecule has 0 aliphatic heterocycles. The molecule has 0 N–H and O–H groups in total. The Morgan fingerprint density at radius 1 is 0.365 bits per heavy atom. The summed E-state index contributed by atoms with van der Waals surface area (Å²) in [6.07, 6.45) is 7.45. The largest absolute Gasteiger partial charge is 0.265 e. The molecular weight excluding hydrogens is 649 g/mol. The van der Waals surface area contributed by atoms with E-state index in [1.165, 1.54) is 86.9 Å². The molecule has 1 aliphatic rings. The lowest BCUT2D eigenvalue weighted by Crippen LogP contribution is -2.14. The minimum atomic E-state index is -0.0154. The molecule has 52 heavy (non-hydrogen) atoms. The van der Waals surface area contributed by atoms with Crippen LogP contribution in [0.5, 0.6) is 0 Å². The van der Waals surface area contributed by atoms with Crippen LogP contribution in [-0.2, 0) is 5.41 Å². The lowest BCUT2D eigenvalue weighted by Gasteiger charge is -2.22. The minimum absolute atomic E-state index is 0.0154. The van der Waals surface area contributed by atoms with Crippen molar-refractivity contribution in [2.45, 2.75) is 19.3 Å². The van der Waals surface area contributed by atoms with Gasteiger partial charge in [0.25, 0.3) is 0 Å². The third-order valence-electron chi connectivity index (χ3n) is 10.9. The molecule has 0 amide bonds. The molecule has 3 heterocycles. The van der Waals surface area contributed by atoms with Gasteiger partial charge in [-0.1, -0.05) is 111 Å². The van der Waals surface area contributed by atoms with E-state index in [9.17, 15) is 0 Å². The number of pyridine rings is 2. The van der Waals surface area contributed by atoms with Gasteiger partial charge in [0.15, 0.2) is 0 Å². The third-order valence-corrected chi connectivity index (χ3v) is 12.2. The molecular formula is C49H34N2S. The molecule has 0 fully saturated rings. The van der Waals surface area contributed by atoms with Crippen molar-refractivity contribution in [3.8, 4) is 66.8 Å². The fraction of sp³-hybridized carbons (Fsp3) is 0.0612. The maximum Gasteiger partial charge on any atom is 0.0434 e. The summed E-state index contributed by atoms with van der Waals surface area (Å²) in [6.45, 7) is 4.69. The number of fused-ring (bicyclic) bond motifs is 6. The maximum atomic E-state index is 4.27. The van der Waals surface area contributed by atoms with E-state index in [1.807, 2.05) is 36.1 Å². The van der Waals surface area contributed by atoms with Crippen molar-refractivity contribution in [2.75, 3.05) is 0 Å². The van der Waals surface area contributed by atoms with Gasteiger partial charge in [-0.05, 0) is 126 Å². The van der Waals surface area contributed by atoms with Gasteiger partial charge in [0.1, 0.15) is 0 Å². The van der Waals surface area contributed by atoms with E-state index in [4.69, 9.17) is 0 Å². The Balaban J connectivity index is 1.06. The highest BCUT2D eigenvalue weighted by atomic mass is 32.1. The Kier molecular flexibility index (Phi) is 7.06. The first-order chi connectivity index (χ1) is 25.5. The molecule has 0 saturated heterocycles. The van der Waals surface area contributed by atoms with Gasteiger partial charge in [-0.3, -0.25) is 9.97 Å². The fourth-order valence-electron chi connectivity index (χ4n) is 8.21. The molecule has 1 aliphatic carbocycles. The minimum Gasteiger partial charge on any atom is -0.265 e. The van der Waals surface area contributed by atoms with E-state index in [1.54, 1.807) is 0 Å². The summed E-state index contributed by atoms with van der Waals surface area (Å²) in [5.41, 5.74) is 17.6. The quantitative estimate of drug-likeness (QED) is 0.181. The number of hydrogen-bond acceptors (Lipinski definition) is 3. The first kappa shape index (κ1) is 30.6. The van der Waals surface area contributed by atoms with Crippen LogP contribution in [0.15, 0.2) is 170 Å². The second-order valence-electron chi connectivity index (χ2n) is 14.2. The molecule has 0 radical (unpaired) electrons. The van der Waals surface area contributed by atoms with Crippen molar-refractivity contribution in [1.82, 2.24) is 9.97 Å². The number of nitrogens with zero attached hydrogens (tertiary/aromatic N) is 2. The standard InChI is InChI=1S/C49H34N2S/c1-49(2)45-12-4-3-7-41(45)42-18-17-35(30-46(42)49)31-13-15-34(16-14-31)39-8-5-10-43-44-11-6-9-40(48(44)52-47(39)43)38-28-36(32-19-23-50-24-20-32)27-37(29-38)33-21-25-51-26-22-33/h3-30H,1-2H3. The van der Waals surface area contributed by atoms with Crippen LogP contribution in [-0.4, -0.2) is 9.97 Å². The zero-order valence-electron chi connectivity index (χ0n) is 29.0. The van der Waals surface area contributed by atoms with Crippen LogP contribution < -0.4 is 0 Å². The van der Waals surface area contributed by atoms with Crippen molar-refractivity contribution < 1.29 is 0 Å².